The molecule has 2 aliphatic carbocycles. The molecule has 0 aliphatic heterocycles. The van der Waals surface area contributed by atoms with Crippen molar-refractivity contribution in [3.63, 3.8) is 0 Å². The fraction of sp³-hybridized carbons (Fsp3) is 0.158. The van der Waals surface area contributed by atoms with Crippen LogP contribution >= 0.6 is 0 Å². The number of benzene rings is 4. The standard InChI is InChI=1S/C19H17N3O.C10H10O2.C9H9N3/c23-18(19(12-13-19)15-7-3-1-4-8-15)20-17-11-14-22(21-17)16-9-5-2-6-10-16;11-9(12)10(6-7-10)8-4-2-1-3-5-8;10-9-6-7-12(11-9)8-4-2-1-3-5-8/h1-11,14H,12-13H2,(H,20,21,23);1-5H,6-7H2,(H,11,12);1-7H,(H2,10,11). The Morgan fingerprint density at radius 3 is 1.45 bits per heavy atom. The molecule has 0 bridgehead atoms. The Morgan fingerprint density at radius 2 is 1.02 bits per heavy atom. The van der Waals surface area contributed by atoms with Gasteiger partial charge in [0.25, 0.3) is 0 Å². The van der Waals surface area contributed by atoms with Gasteiger partial charge in [0.2, 0.25) is 5.91 Å². The Balaban J connectivity index is 0.000000136. The van der Waals surface area contributed by atoms with Gasteiger partial charge in [-0.25, -0.2) is 9.36 Å². The smallest absolute Gasteiger partial charge is 0.314 e. The first-order chi connectivity index (χ1) is 22.9. The third-order valence-electron chi connectivity index (χ3n) is 8.48. The molecule has 0 atom stereocenters. The van der Waals surface area contributed by atoms with E-state index in [0.29, 0.717) is 11.6 Å². The maximum Gasteiger partial charge on any atom is 0.314 e. The second kappa shape index (κ2) is 13.6. The van der Waals surface area contributed by atoms with E-state index in [1.165, 1.54) is 0 Å². The van der Waals surface area contributed by atoms with E-state index in [-0.39, 0.29) is 11.3 Å². The molecule has 1 amide bonds. The zero-order valence-electron chi connectivity index (χ0n) is 25.8. The number of carboxylic acids is 1. The largest absolute Gasteiger partial charge is 0.481 e. The summed E-state index contributed by atoms with van der Waals surface area (Å²) in [5, 5.41) is 20.4. The highest BCUT2D eigenvalue weighted by Gasteiger charge is 2.52. The molecule has 2 aromatic heterocycles. The van der Waals surface area contributed by atoms with Gasteiger partial charge in [0, 0.05) is 24.5 Å². The molecule has 47 heavy (non-hydrogen) atoms. The molecular weight excluding hydrogens is 588 g/mol. The number of aliphatic carboxylic acids is 1. The van der Waals surface area contributed by atoms with Crippen LogP contribution in [0.4, 0.5) is 11.6 Å². The van der Waals surface area contributed by atoms with Crippen LogP contribution in [0.25, 0.3) is 11.4 Å². The van der Waals surface area contributed by atoms with Crippen LogP contribution in [0.5, 0.6) is 0 Å². The lowest BCUT2D eigenvalue weighted by molar-refractivity contribution is -0.140. The number of hydrogen-bond acceptors (Lipinski definition) is 5. The van der Waals surface area contributed by atoms with E-state index in [4.69, 9.17) is 10.8 Å². The van der Waals surface area contributed by atoms with E-state index in [9.17, 15) is 9.59 Å². The highest BCUT2D eigenvalue weighted by atomic mass is 16.4. The lowest BCUT2D eigenvalue weighted by Gasteiger charge is -2.14. The second-order valence-corrected chi connectivity index (χ2v) is 11.7. The first-order valence-corrected chi connectivity index (χ1v) is 15.5. The SMILES string of the molecule is Nc1ccn(-c2ccccc2)n1.O=C(Nc1ccn(-c2ccccc2)n1)C1(c2ccccc2)CC1.O=C(O)C1(c2ccccc2)CC1. The van der Waals surface area contributed by atoms with Gasteiger partial charge in [-0.2, -0.15) is 10.2 Å². The number of carboxylic acid groups (broad SMARTS) is 1. The van der Waals surface area contributed by atoms with Gasteiger partial charge < -0.3 is 16.2 Å². The van der Waals surface area contributed by atoms with Gasteiger partial charge >= 0.3 is 5.97 Å². The summed E-state index contributed by atoms with van der Waals surface area (Å²) in [5.41, 5.74) is 8.58. The number of nitrogens with one attached hydrogen (secondary N) is 1. The molecule has 2 heterocycles. The van der Waals surface area contributed by atoms with E-state index in [1.54, 1.807) is 15.4 Å². The average molecular weight is 625 g/mol. The molecule has 0 spiro atoms. The molecule has 6 aromatic rings. The third-order valence-corrected chi connectivity index (χ3v) is 8.48. The first-order valence-electron chi connectivity index (χ1n) is 15.5. The van der Waals surface area contributed by atoms with Crippen LogP contribution in [-0.2, 0) is 20.4 Å². The minimum Gasteiger partial charge on any atom is -0.481 e. The van der Waals surface area contributed by atoms with Crippen molar-refractivity contribution < 1.29 is 14.7 Å². The quantitative estimate of drug-likeness (QED) is 0.179. The number of hydrogen-bond donors (Lipinski definition) is 3. The minimum atomic E-state index is -0.686. The van der Waals surface area contributed by atoms with Crippen LogP contribution in [-0.4, -0.2) is 36.5 Å². The van der Waals surface area contributed by atoms with Gasteiger partial charge in [0.15, 0.2) is 5.82 Å². The monoisotopic (exact) mass is 624 g/mol. The molecule has 4 aromatic carbocycles. The van der Waals surface area contributed by atoms with Crippen molar-refractivity contribution in [1.82, 2.24) is 19.6 Å². The van der Waals surface area contributed by atoms with E-state index in [1.807, 2.05) is 140 Å². The number of carbonyl (C=O) groups excluding carboxylic acids is 1. The lowest BCUT2D eigenvalue weighted by atomic mass is 9.95. The summed E-state index contributed by atoms with van der Waals surface area (Å²) in [7, 11) is 0. The summed E-state index contributed by atoms with van der Waals surface area (Å²) in [4.78, 5) is 23.6. The Labute approximate surface area is 273 Å². The maximum absolute atomic E-state index is 12.7. The number of nitrogens with two attached hydrogens (primary N) is 1. The van der Waals surface area contributed by atoms with Crippen molar-refractivity contribution >= 4 is 23.5 Å². The fourth-order valence-electron chi connectivity index (χ4n) is 5.45. The number of nitrogens with zero attached hydrogens (tertiary/aromatic N) is 4. The van der Waals surface area contributed by atoms with Gasteiger partial charge in [-0.05, 0) is 61.1 Å². The Hall–Kier alpha value is -5.96. The highest BCUT2D eigenvalue weighted by Crippen LogP contribution is 2.49. The Bertz CT molecular complexity index is 1910. The molecule has 4 N–H and O–H groups in total. The molecule has 0 saturated heterocycles. The molecular formula is C38H36N6O3. The second-order valence-electron chi connectivity index (χ2n) is 11.7. The van der Waals surface area contributed by atoms with Gasteiger partial charge in [0.05, 0.1) is 22.2 Å². The average Bonchev–Trinajstić information content (AvgIpc) is 4.03. The summed E-state index contributed by atoms with van der Waals surface area (Å²) in [6, 6.07) is 42.7. The topological polar surface area (TPSA) is 128 Å². The number of rotatable bonds is 7. The third kappa shape index (κ3) is 7.15. The van der Waals surface area contributed by atoms with Crippen molar-refractivity contribution in [2.45, 2.75) is 36.5 Å². The summed E-state index contributed by atoms with van der Waals surface area (Å²) >= 11 is 0. The molecule has 9 nitrogen and oxygen atoms in total. The highest BCUT2D eigenvalue weighted by molar-refractivity contribution is 6.00. The molecule has 2 fully saturated rings. The summed E-state index contributed by atoms with van der Waals surface area (Å²) < 4.78 is 3.51. The summed E-state index contributed by atoms with van der Waals surface area (Å²) in [5.74, 6) is 0.468. The Morgan fingerprint density at radius 1 is 0.596 bits per heavy atom. The summed E-state index contributed by atoms with van der Waals surface area (Å²) in [6.45, 7) is 0. The van der Waals surface area contributed by atoms with Gasteiger partial charge in [0.1, 0.15) is 5.82 Å². The molecule has 236 valence electrons. The Kier molecular flexibility index (Phi) is 8.97. The molecule has 9 heteroatoms. The van der Waals surface area contributed by atoms with Gasteiger partial charge in [-0.15, -0.1) is 0 Å². The van der Waals surface area contributed by atoms with Crippen molar-refractivity contribution in [3.05, 3.63) is 157 Å². The first kappa shape index (κ1) is 31.0. The zero-order chi connectivity index (χ0) is 32.7. The van der Waals surface area contributed by atoms with Crippen LogP contribution in [0.15, 0.2) is 146 Å². The van der Waals surface area contributed by atoms with Crippen LogP contribution in [0.3, 0.4) is 0 Å². The molecule has 0 radical (unpaired) electrons. The van der Waals surface area contributed by atoms with Crippen LogP contribution in [0.1, 0.15) is 36.8 Å². The number of nitrogen functional groups attached to an aromatic ring is 1. The summed E-state index contributed by atoms with van der Waals surface area (Å²) in [6.07, 6.45) is 7.04. The minimum absolute atomic E-state index is 0.0296. The molecule has 2 aliphatic rings. The van der Waals surface area contributed by atoms with Crippen molar-refractivity contribution in [2.75, 3.05) is 11.1 Å². The number of carbonyl (C=O) groups is 2. The van der Waals surface area contributed by atoms with Crippen molar-refractivity contribution in [1.29, 1.82) is 0 Å². The van der Waals surface area contributed by atoms with Crippen LogP contribution in [0, 0.1) is 0 Å². The van der Waals surface area contributed by atoms with Crippen LogP contribution in [0.2, 0.25) is 0 Å². The molecule has 8 rings (SSSR count). The van der Waals surface area contributed by atoms with Crippen molar-refractivity contribution in [2.24, 2.45) is 0 Å². The van der Waals surface area contributed by atoms with E-state index in [0.717, 1.165) is 48.2 Å². The van der Waals surface area contributed by atoms with Crippen LogP contribution < -0.4 is 11.1 Å². The van der Waals surface area contributed by atoms with Crippen molar-refractivity contribution in [3.8, 4) is 11.4 Å². The number of anilines is 2. The van der Waals surface area contributed by atoms with Gasteiger partial charge in [-0.1, -0.05) is 97.1 Å². The van der Waals surface area contributed by atoms with E-state index in [2.05, 4.69) is 15.5 Å². The number of para-hydroxylation sites is 2. The number of aromatic nitrogens is 4. The maximum atomic E-state index is 12.7. The molecule has 0 unspecified atom stereocenters. The lowest BCUT2D eigenvalue weighted by Crippen LogP contribution is -2.28. The normalized spacial score (nSPS) is 14.7. The van der Waals surface area contributed by atoms with E-state index < -0.39 is 11.4 Å². The molecule has 2 saturated carbocycles. The predicted molar refractivity (Wildman–Crippen MR) is 183 cm³/mol. The predicted octanol–water partition coefficient (Wildman–Crippen LogP) is 6.80. The van der Waals surface area contributed by atoms with Gasteiger partial charge in [-0.3, -0.25) is 9.59 Å². The zero-order valence-corrected chi connectivity index (χ0v) is 25.8. The van der Waals surface area contributed by atoms with E-state index >= 15 is 0 Å². The fourth-order valence-corrected chi connectivity index (χ4v) is 5.45. The number of amides is 1.